The maximum atomic E-state index is 14.1. The standard InChI is InChI=1S/C20H18FN5O/c1-4-17(24-14(2)27-3)19-12-18(20-22-10-7-11-23-20)25-26(19)13-15-8-5-6-9-16(15)21/h4-12H,1-2,13H2,3H3/b24-17+. The van der Waals surface area contributed by atoms with Gasteiger partial charge in [0.25, 0.3) is 0 Å². The Morgan fingerprint density at radius 1 is 1.26 bits per heavy atom. The molecule has 0 N–H and O–H groups in total. The molecule has 0 amide bonds. The van der Waals surface area contributed by atoms with Gasteiger partial charge in [0.15, 0.2) is 5.82 Å². The van der Waals surface area contributed by atoms with Gasteiger partial charge in [-0.3, -0.25) is 4.68 Å². The van der Waals surface area contributed by atoms with Gasteiger partial charge in [0.1, 0.15) is 11.5 Å². The number of aromatic nitrogens is 4. The second-order valence-electron chi connectivity index (χ2n) is 5.54. The van der Waals surface area contributed by atoms with Crippen molar-refractivity contribution in [1.82, 2.24) is 19.7 Å². The Kier molecular flexibility index (Phi) is 5.51. The van der Waals surface area contributed by atoms with Crippen LogP contribution in [0.4, 0.5) is 4.39 Å². The van der Waals surface area contributed by atoms with Crippen LogP contribution in [-0.4, -0.2) is 32.6 Å². The van der Waals surface area contributed by atoms with Crippen molar-refractivity contribution in [3.63, 3.8) is 0 Å². The minimum absolute atomic E-state index is 0.209. The van der Waals surface area contributed by atoms with Crippen LogP contribution in [0, 0.1) is 5.82 Å². The quantitative estimate of drug-likeness (QED) is 0.475. The normalized spacial score (nSPS) is 11.3. The molecule has 136 valence electrons. The van der Waals surface area contributed by atoms with Gasteiger partial charge in [-0.05, 0) is 30.9 Å². The number of ether oxygens (including phenoxy) is 1. The van der Waals surface area contributed by atoms with Crippen LogP contribution < -0.4 is 0 Å². The maximum Gasteiger partial charge on any atom is 0.206 e. The Morgan fingerprint density at radius 3 is 2.67 bits per heavy atom. The van der Waals surface area contributed by atoms with E-state index in [-0.39, 0.29) is 18.2 Å². The first-order valence-corrected chi connectivity index (χ1v) is 8.15. The van der Waals surface area contributed by atoms with Gasteiger partial charge >= 0.3 is 0 Å². The molecule has 6 nitrogen and oxygen atoms in total. The SMILES string of the molecule is C=C/C(=N\C(=C)OC)c1cc(-c2ncccn2)nn1Cc1ccccc1F. The molecule has 0 aliphatic carbocycles. The lowest BCUT2D eigenvalue weighted by Crippen LogP contribution is -2.12. The van der Waals surface area contributed by atoms with Crippen molar-refractivity contribution in [2.75, 3.05) is 7.11 Å². The number of allylic oxidation sites excluding steroid dienone is 1. The highest BCUT2D eigenvalue weighted by atomic mass is 19.1. The topological polar surface area (TPSA) is 65.2 Å². The van der Waals surface area contributed by atoms with Crippen molar-refractivity contribution in [2.45, 2.75) is 6.54 Å². The molecule has 3 aromatic rings. The van der Waals surface area contributed by atoms with E-state index in [0.29, 0.717) is 28.5 Å². The van der Waals surface area contributed by atoms with Gasteiger partial charge in [-0.25, -0.2) is 19.4 Å². The number of benzene rings is 1. The molecule has 2 aromatic heterocycles. The zero-order valence-corrected chi connectivity index (χ0v) is 14.8. The van der Waals surface area contributed by atoms with E-state index < -0.39 is 0 Å². The number of rotatable bonds is 7. The Balaban J connectivity index is 2.10. The molecule has 2 heterocycles. The number of hydrogen-bond acceptors (Lipinski definition) is 5. The molecule has 0 saturated carbocycles. The van der Waals surface area contributed by atoms with Gasteiger partial charge in [0.2, 0.25) is 5.88 Å². The number of nitrogens with zero attached hydrogens (tertiary/aromatic N) is 5. The summed E-state index contributed by atoms with van der Waals surface area (Å²) >= 11 is 0. The minimum Gasteiger partial charge on any atom is -0.481 e. The summed E-state index contributed by atoms with van der Waals surface area (Å²) in [7, 11) is 1.48. The molecule has 3 rings (SSSR count). The first kappa shape index (κ1) is 18.2. The smallest absolute Gasteiger partial charge is 0.206 e. The second kappa shape index (κ2) is 8.18. The van der Waals surface area contributed by atoms with Crippen LogP contribution in [0.1, 0.15) is 11.3 Å². The van der Waals surface area contributed by atoms with Crippen LogP contribution in [0.3, 0.4) is 0 Å². The van der Waals surface area contributed by atoms with Gasteiger partial charge in [0.05, 0.1) is 25.1 Å². The van der Waals surface area contributed by atoms with Gasteiger partial charge in [-0.15, -0.1) is 0 Å². The van der Waals surface area contributed by atoms with Crippen molar-refractivity contribution in [2.24, 2.45) is 4.99 Å². The molecule has 0 bridgehead atoms. The van der Waals surface area contributed by atoms with Gasteiger partial charge in [0, 0.05) is 18.0 Å². The Bertz CT molecular complexity index is 995. The summed E-state index contributed by atoms with van der Waals surface area (Å²) in [5.41, 5.74) is 2.15. The number of methoxy groups -OCH3 is 1. The van der Waals surface area contributed by atoms with Crippen LogP contribution in [0.2, 0.25) is 0 Å². The first-order chi connectivity index (χ1) is 13.1. The molecule has 0 spiro atoms. The average molecular weight is 363 g/mol. The fourth-order valence-corrected chi connectivity index (χ4v) is 2.46. The summed E-state index contributed by atoms with van der Waals surface area (Å²) in [6, 6.07) is 10.0. The van der Waals surface area contributed by atoms with E-state index in [1.807, 2.05) is 0 Å². The number of hydrogen-bond donors (Lipinski definition) is 0. The highest BCUT2D eigenvalue weighted by molar-refractivity contribution is 6.08. The van der Waals surface area contributed by atoms with E-state index >= 15 is 0 Å². The molecule has 0 aliphatic heterocycles. The third-order valence-corrected chi connectivity index (χ3v) is 3.79. The summed E-state index contributed by atoms with van der Waals surface area (Å²) < 4.78 is 20.8. The van der Waals surface area contributed by atoms with Crippen LogP contribution >= 0.6 is 0 Å². The molecular formula is C20H18FN5O. The molecule has 0 fully saturated rings. The molecule has 27 heavy (non-hydrogen) atoms. The summed E-state index contributed by atoms with van der Waals surface area (Å²) in [5, 5.41) is 4.54. The van der Waals surface area contributed by atoms with Crippen LogP contribution in [0.15, 0.2) is 78.9 Å². The van der Waals surface area contributed by atoms with E-state index in [0.717, 1.165) is 0 Å². The second-order valence-corrected chi connectivity index (χ2v) is 5.54. The summed E-state index contributed by atoms with van der Waals surface area (Å²) in [6.45, 7) is 7.72. The highest BCUT2D eigenvalue weighted by Crippen LogP contribution is 2.19. The predicted octanol–water partition coefficient (Wildman–Crippen LogP) is 3.62. The molecule has 0 unspecified atom stereocenters. The summed E-state index contributed by atoms with van der Waals surface area (Å²) in [5.74, 6) is 0.371. The fourth-order valence-electron chi connectivity index (χ4n) is 2.46. The van der Waals surface area contributed by atoms with Crippen molar-refractivity contribution in [3.8, 4) is 11.5 Å². The lowest BCUT2D eigenvalue weighted by atomic mass is 10.2. The number of halogens is 1. The molecule has 7 heteroatoms. The van der Waals surface area contributed by atoms with Gasteiger partial charge < -0.3 is 4.74 Å². The van der Waals surface area contributed by atoms with Crippen molar-refractivity contribution >= 4 is 5.71 Å². The zero-order valence-electron chi connectivity index (χ0n) is 14.8. The van der Waals surface area contributed by atoms with Gasteiger partial charge in [-0.2, -0.15) is 5.10 Å². The van der Waals surface area contributed by atoms with E-state index in [4.69, 9.17) is 4.74 Å². The molecule has 0 radical (unpaired) electrons. The Hall–Kier alpha value is -3.61. The lowest BCUT2D eigenvalue weighted by Gasteiger charge is -2.09. The lowest BCUT2D eigenvalue weighted by molar-refractivity contribution is 0.291. The molecular weight excluding hydrogens is 345 g/mol. The van der Waals surface area contributed by atoms with Crippen molar-refractivity contribution < 1.29 is 9.13 Å². The van der Waals surface area contributed by atoms with E-state index in [9.17, 15) is 4.39 Å². The number of aliphatic imine (C=N–C) groups is 1. The van der Waals surface area contributed by atoms with E-state index in [1.54, 1.807) is 53.5 Å². The fraction of sp³-hybridized carbons (Fsp3) is 0.100. The zero-order chi connectivity index (χ0) is 19.2. The Labute approximate surface area is 156 Å². The first-order valence-electron chi connectivity index (χ1n) is 8.15. The van der Waals surface area contributed by atoms with E-state index in [2.05, 4.69) is 33.2 Å². The maximum absolute atomic E-state index is 14.1. The summed E-state index contributed by atoms with van der Waals surface area (Å²) in [6.07, 6.45) is 4.83. The van der Waals surface area contributed by atoms with E-state index in [1.165, 1.54) is 13.2 Å². The van der Waals surface area contributed by atoms with Gasteiger partial charge in [-0.1, -0.05) is 24.8 Å². The third-order valence-electron chi connectivity index (χ3n) is 3.79. The molecule has 0 atom stereocenters. The van der Waals surface area contributed by atoms with Crippen LogP contribution in [0.25, 0.3) is 11.5 Å². The average Bonchev–Trinajstić information content (AvgIpc) is 3.12. The molecule has 0 aliphatic rings. The Morgan fingerprint density at radius 2 is 2.00 bits per heavy atom. The largest absolute Gasteiger partial charge is 0.481 e. The highest BCUT2D eigenvalue weighted by Gasteiger charge is 2.16. The molecule has 1 aromatic carbocycles. The monoisotopic (exact) mass is 363 g/mol. The predicted molar refractivity (Wildman–Crippen MR) is 102 cm³/mol. The summed E-state index contributed by atoms with van der Waals surface area (Å²) in [4.78, 5) is 12.7. The van der Waals surface area contributed by atoms with Crippen LogP contribution in [-0.2, 0) is 11.3 Å². The third kappa shape index (κ3) is 4.14. The molecule has 0 saturated heterocycles. The minimum atomic E-state index is -0.310. The van der Waals surface area contributed by atoms with Crippen molar-refractivity contribution in [1.29, 1.82) is 0 Å². The van der Waals surface area contributed by atoms with Crippen molar-refractivity contribution in [3.05, 3.63) is 91.0 Å². The van der Waals surface area contributed by atoms with Crippen LogP contribution in [0.5, 0.6) is 0 Å².